The lowest BCUT2D eigenvalue weighted by atomic mass is 9.93. The molecule has 2 unspecified atom stereocenters. The number of hydrogen-bond acceptors (Lipinski definition) is 3. The molecule has 0 bridgehead atoms. The molecule has 2 atom stereocenters. The van der Waals surface area contributed by atoms with Gasteiger partial charge in [-0.15, -0.1) is 0 Å². The van der Waals surface area contributed by atoms with Gasteiger partial charge in [0.15, 0.2) is 6.10 Å². The number of benzene rings is 2. The van der Waals surface area contributed by atoms with Gasteiger partial charge in [0.25, 0.3) is 0 Å². The number of carbonyl (C=O) groups is 1. The first-order chi connectivity index (χ1) is 9.31. The number of fused-ring (bicyclic) bond motifs is 1. The summed E-state index contributed by atoms with van der Waals surface area (Å²) < 4.78 is 11.2. The molecule has 1 aliphatic rings. The van der Waals surface area contributed by atoms with Gasteiger partial charge in [-0.2, -0.15) is 0 Å². The van der Waals surface area contributed by atoms with Crippen molar-refractivity contribution in [1.82, 2.24) is 0 Å². The fourth-order valence-electron chi connectivity index (χ4n) is 2.38. The van der Waals surface area contributed by atoms with E-state index in [4.69, 9.17) is 9.47 Å². The first kappa shape index (κ1) is 11.9. The molecule has 2 aromatic rings. The minimum absolute atomic E-state index is 0.0626. The van der Waals surface area contributed by atoms with Gasteiger partial charge in [0.05, 0.1) is 0 Å². The lowest BCUT2D eigenvalue weighted by molar-refractivity contribution is -0.139. The number of methoxy groups -OCH3 is 1. The first-order valence-corrected chi connectivity index (χ1v) is 6.18. The molecule has 96 valence electrons. The van der Waals surface area contributed by atoms with Gasteiger partial charge in [-0.1, -0.05) is 48.5 Å². The molecular formula is C16H14O3. The Morgan fingerprint density at radius 2 is 1.68 bits per heavy atom. The molecule has 0 spiro atoms. The van der Waals surface area contributed by atoms with E-state index >= 15 is 0 Å². The van der Waals surface area contributed by atoms with Gasteiger partial charge in [-0.25, -0.2) is 0 Å². The minimum atomic E-state index is -0.596. The summed E-state index contributed by atoms with van der Waals surface area (Å²) in [7, 11) is 1.55. The number of Topliss-reactive ketones (excluding diaryl/α,β-unsaturated/α-hetero) is 1. The Morgan fingerprint density at radius 3 is 2.42 bits per heavy atom. The molecule has 3 heteroatoms. The highest BCUT2D eigenvalue weighted by atomic mass is 16.5. The van der Waals surface area contributed by atoms with Crippen LogP contribution in [0, 0.1) is 0 Å². The van der Waals surface area contributed by atoms with Crippen LogP contribution in [0.25, 0.3) is 0 Å². The van der Waals surface area contributed by atoms with Crippen LogP contribution in [0.15, 0.2) is 54.6 Å². The molecule has 0 amide bonds. The van der Waals surface area contributed by atoms with Gasteiger partial charge in [-0.05, 0) is 11.6 Å². The standard InChI is InChI=1S/C16H14O3/c1-18-16-12-9-5-6-10-13(12)19-15(14(16)17)11-7-3-2-4-8-11/h2-10,15-16H,1H3. The third kappa shape index (κ3) is 2.02. The van der Waals surface area contributed by atoms with Crippen LogP contribution in [0.4, 0.5) is 0 Å². The van der Waals surface area contributed by atoms with Gasteiger partial charge < -0.3 is 9.47 Å². The van der Waals surface area contributed by atoms with Crippen LogP contribution in [0.2, 0.25) is 0 Å². The van der Waals surface area contributed by atoms with Crippen LogP contribution in [0.5, 0.6) is 5.75 Å². The highest BCUT2D eigenvalue weighted by Gasteiger charge is 2.37. The maximum Gasteiger partial charge on any atom is 0.211 e. The van der Waals surface area contributed by atoms with Crippen LogP contribution in [-0.2, 0) is 9.53 Å². The first-order valence-electron chi connectivity index (χ1n) is 6.18. The molecule has 0 N–H and O–H groups in total. The van der Waals surface area contributed by atoms with Crippen molar-refractivity contribution in [2.75, 3.05) is 7.11 Å². The Balaban J connectivity index is 2.05. The van der Waals surface area contributed by atoms with E-state index in [9.17, 15) is 4.79 Å². The van der Waals surface area contributed by atoms with Gasteiger partial charge in [0, 0.05) is 12.7 Å². The number of rotatable bonds is 2. The Labute approximate surface area is 111 Å². The second-order valence-electron chi connectivity index (χ2n) is 4.46. The Bertz CT molecular complexity index is 592. The van der Waals surface area contributed by atoms with E-state index in [1.807, 2.05) is 54.6 Å². The second-order valence-corrected chi connectivity index (χ2v) is 4.46. The van der Waals surface area contributed by atoms with E-state index < -0.39 is 12.2 Å². The van der Waals surface area contributed by atoms with E-state index in [1.165, 1.54) is 0 Å². The van der Waals surface area contributed by atoms with Crippen molar-refractivity contribution < 1.29 is 14.3 Å². The van der Waals surface area contributed by atoms with Crippen LogP contribution >= 0.6 is 0 Å². The summed E-state index contributed by atoms with van der Waals surface area (Å²) in [5.74, 6) is 0.648. The number of carbonyl (C=O) groups excluding carboxylic acids is 1. The molecule has 1 heterocycles. The van der Waals surface area contributed by atoms with Gasteiger partial charge in [0.2, 0.25) is 5.78 Å². The second kappa shape index (κ2) is 4.86. The van der Waals surface area contributed by atoms with Crippen molar-refractivity contribution in [2.24, 2.45) is 0 Å². The zero-order chi connectivity index (χ0) is 13.2. The van der Waals surface area contributed by atoms with Gasteiger partial charge in [0.1, 0.15) is 11.9 Å². The van der Waals surface area contributed by atoms with Crippen LogP contribution in [0.1, 0.15) is 23.3 Å². The molecule has 1 aliphatic heterocycles. The molecule has 0 fully saturated rings. The highest BCUT2D eigenvalue weighted by Crippen LogP contribution is 2.39. The van der Waals surface area contributed by atoms with E-state index in [-0.39, 0.29) is 5.78 Å². The van der Waals surface area contributed by atoms with E-state index in [1.54, 1.807) is 7.11 Å². The molecular weight excluding hydrogens is 240 g/mol. The van der Waals surface area contributed by atoms with Crippen molar-refractivity contribution in [1.29, 1.82) is 0 Å². The smallest absolute Gasteiger partial charge is 0.211 e. The quantitative estimate of drug-likeness (QED) is 0.826. The average molecular weight is 254 g/mol. The molecule has 0 radical (unpaired) electrons. The third-order valence-corrected chi connectivity index (χ3v) is 3.30. The Morgan fingerprint density at radius 1 is 1.00 bits per heavy atom. The summed E-state index contributed by atoms with van der Waals surface area (Å²) in [6.45, 7) is 0. The monoisotopic (exact) mass is 254 g/mol. The normalized spacial score (nSPS) is 21.6. The van der Waals surface area contributed by atoms with Crippen LogP contribution in [-0.4, -0.2) is 12.9 Å². The lowest BCUT2D eigenvalue weighted by Gasteiger charge is -2.30. The number of ether oxygens (including phenoxy) is 2. The van der Waals surface area contributed by atoms with Crippen molar-refractivity contribution in [3.05, 3.63) is 65.7 Å². The predicted octanol–water partition coefficient (Wildman–Crippen LogP) is 3.08. The van der Waals surface area contributed by atoms with E-state index in [2.05, 4.69) is 0 Å². The van der Waals surface area contributed by atoms with E-state index in [0.29, 0.717) is 5.75 Å². The Hall–Kier alpha value is -2.13. The predicted molar refractivity (Wildman–Crippen MR) is 71.0 cm³/mol. The minimum Gasteiger partial charge on any atom is -0.477 e. The van der Waals surface area contributed by atoms with Crippen molar-refractivity contribution >= 4 is 5.78 Å². The Kier molecular flexibility index (Phi) is 3.05. The molecule has 0 aromatic heterocycles. The average Bonchev–Trinajstić information content (AvgIpc) is 2.47. The molecule has 3 nitrogen and oxygen atoms in total. The largest absolute Gasteiger partial charge is 0.477 e. The van der Waals surface area contributed by atoms with Crippen LogP contribution in [0.3, 0.4) is 0 Å². The van der Waals surface area contributed by atoms with Crippen molar-refractivity contribution in [3.8, 4) is 5.75 Å². The van der Waals surface area contributed by atoms with E-state index in [0.717, 1.165) is 11.1 Å². The fraction of sp³-hybridized carbons (Fsp3) is 0.188. The zero-order valence-electron chi connectivity index (χ0n) is 10.6. The number of para-hydroxylation sites is 1. The molecule has 0 saturated heterocycles. The van der Waals surface area contributed by atoms with Crippen molar-refractivity contribution in [2.45, 2.75) is 12.2 Å². The highest BCUT2D eigenvalue weighted by molar-refractivity contribution is 5.91. The van der Waals surface area contributed by atoms with Crippen LogP contribution < -0.4 is 4.74 Å². The maximum absolute atomic E-state index is 12.5. The fourth-order valence-corrected chi connectivity index (χ4v) is 2.38. The van der Waals surface area contributed by atoms with Crippen molar-refractivity contribution in [3.63, 3.8) is 0 Å². The van der Waals surface area contributed by atoms with Gasteiger partial charge >= 0.3 is 0 Å². The summed E-state index contributed by atoms with van der Waals surface area (Å²) in [5.41, 5.74) is 1.64. The third-order valence-electron chi connectivity index (χ3n) is 3.30. The maximum atomic E-state index is 12.5. The molecule has 0 aliphatic carbocycles. The topological polar surface area (TPSA) is 35.5 Å². The summed E-state index contributed by atoms with van der Waals surface area (Å²) in [4.78, 5) is 12.5. The molecule has 3 rings (SSSR count). The summed E-state index contributed by atoms with van der Waals surface area (Å²) in [5, 5.41) is 0. The summed E-state index contributed by atoms with van der Waals surface area (Å²) in [6, 6.07) is 17.0. The summed E-state index contributed by atoms with van der Waals surface area (Å²) in [6.07, 6.45) is -1.16. The molecule has 0 saturated carbocycles. The SMILES string of the molecule is COC1C(=O)C(c2ccccc2)Oc2ccccc21. The summed E-state index contributed by atoms with van der Waals surface area (Å²) >= 11 is 0. The lowest BCUT2D eigenvalue weighted by Crippen LogP contribution is -2.31. The number of hydrogen-bond donors (Lipinski definition) is 0. The molecule has 19 heavy (non-hydrogen) atoms. The zero-order valence-corrected chi connectivity index (χ0v) is 10.6. The molecule has 2 aromatic carbocycles. The van der Waals surface area contributed by atoms with Gasteiger partial charge in [-0.3, -0.25) is 4.79 Å². The number of ketones is 1.